The van der Waals surface area contributed by atoms with Crippen molar-refractivity contribution in [2.24, 2.45) is 0 Å². The van der Waals surface area contributed by atoms with E-state index in [1.165, 1.54) is 0 Å². The van der Waals surface area contributed by atoms with E-state index in [0.717, 1.165) is 11.1 Å². The highest BCUT2D eigenvalue weighted by Crippen LogP contribution is 2.20. The van der Waals surface area contributed by atoms with Crippen LogP contribution in [0.5, 0.6) is 0 Å². The molecular formula is C19H22ClNO3S. The van der Waals surface area contributed by atoms with Crippen molar-refractivity contribution in [3.05, 3.63) is 64.7 Å². The number of halogens is 1. The van der Waals surface area contributed by atoms with E-state index in [2.05, 4.69) is 5.32 Å². The van der Waals surface area contributed by atoms with Gasteiger partial charge < -0.3 is 5.32 Å². The summed E-state index contributed by atoms with van der Waals surface area (Å²) in [7, 11) is -3.47. The maximum atomic E-state index is 12.3. The van der Waals surface area contributed by atoms with Crippen molar-refractivity contribution in [1.29, 1.82) is 0 Å². The number of sulfone groups is 1. The average molecular weight is 380 g/mol. The Hall–Kier alpha value is -1.85. The van der Waals surface area contributed by atoms with E-state index in [-0.39, 0.29) is 29.0 Å². The van der Waals surface area contributed by atoms with E-state index in [9.17, 15) is 13.2 Å². The third-order valence-corrected chi connectivity index (χ3v) is 5.94. The van der Waals surface area contributed by atoms with Crippen LogP contribution >= 0.6 is 11.6 Å². The summed E-state index contributed by atoms with van der Waals surface area (Å²) in [5.74, 6) is -0.504. The van der Waals surface area contributed by atoms with Crippen molar-refractivity contribution in [1.82, 2.24) is 5.32 Å². The summed E-state index contributed by atoms with van der Waals surface area (Å²) in [5.41, 5.74) is 1.90. The van der Waals surface area contributed by atoms with Gasteiger partial charge in [-0.25, -0.2) is 8.42 Å². The van der Waals surface area contributed by atoms with Gasteiger partial charge in [0.15, 0.2) is 9.84 Å². The summed E-state index contributed by atoms with van der Waals surface area (Å²) in [6, 6.07) is 13.8. The number of amides is 1. The molecule has 2 aromatic rings. The molecule has 1 atom stereocenters. The van der Waals surface area contributed by atoms with Gasteiger partial charge in [-0.1, -0.05) is 48.4 Å². The van der Waals surface area contributed by atoms with E-state index < -0.39 is 9.84 Å². The number of benzene rings is 2. The molecule has 2 rings (SSSR count). The van der Waals surface area contributed by atoms with E-state index >= 15 is 0 Å². The SMILES string of the molecule is CCC(NC(=O)CCS(=O)(=O)c1ccc(C)cc1)c1cccc(Cl)c1. The largest absolute Gasteiger partial charge is 0.349 e. The number of rotatable bonds is 7. The van der Waals surface area contributed by atoms with Crippen molar-refractivity contribution in [2.45, 2.75) is 37.6 Å². The molecule has 0 aliphatic carbocycles. The molecule has 1 amide bonds. The van der Waals surface area contributed by atoms with E-state index in [1.54, 1.807) is 36.4 Å². The lowest BCUT2D eigenvalue weighted by Gasteiger charge is -2.17. The Morgan fingerprint density at radius 2 is 1.84 bits per heavy atom. The molecule has 4 nitrogen and oxygen atoms in total. The molecule has 0 spiro atoms. The summed E-state index contributed by atoms with van der Waals surface area (Å²) in [6.07, 6.45) is 0.615. The van der Waals surface area contributed by atoms with Crippen molar-refractivity contribution in [3.63, 3.8) is 0 Å². The molecule has 25 heavy (non-hydrogen) atoms. The van der Waals surface area contributed by atoms with Gasteiger partial charge in [0, 0.05) is 11.4 Å². The molecule has 0 aliphatic heterocycles. The predicted octanol–water partition coefficient (Wildman–Crippen LogP) is 4.08. The highest BCUT2D eigenvalue weighted by molar-refractivity contribution is 7.91. The van der Waals surface area contributed by atoms with E-state index in [0.29, 0.717) is 11.4 Å². The first-order valence-electron chi connectivity index (χ1n) is 8.16. The number of carbonyl (C=O) groups is 1. The summed E-state index contributed by atoms with van der Waals surface area (Å²) in [4.78, 5) is 12.4. The molecule has 0 bridgehead atoms. The van der Waals surface area contributed by atoms with Gasteiger partial charge in [-0.15, -0.1) is 0 Å². The molecule has 1 N–H and O–H groups in total. The highest BCUT2D eigenvalue weighted by Gasteiger charge is 2.18. The van der Waals surface area contributed by atoms with Gasteiger partial charge in [-0.05, 0) is 43.2 Å². The molecule has 6 heteroatoms. The van der Waals surface area contributed by atoms with Crippen LogP contribution in [0.15, 0.2) is 53.4 Å². The van der Waals surface area contributed by atoms with Gasteiger partial charge in [-0.3, -0.25) is 4.79 Å². The summed E-state index contributed by atoms with van der Waals surface area (Å²) in [6.45, 7) is 3.85. The van der Waals surface area contributed by atoms with Crippen LogP contribution in [0.25, 0.3) is 0 Å². The zero-order valence-corrected chi connectivity index (χ0v) is 15.9. The molecule has 0 aromatic heterocycles. The second kappa shape index (κ2) is 8.50. The fraction of sp³-hybridized carbons (Fsp3) is 0.316. The summed E-state index contributed by atoms with van der Waals surface area (Å²) < 4.78 is 24.6. The van der Waals surface area contributed by atoms with Crippen LogP contribution in [0.1, 0.15) is 36.9 Å². The van der Waals surface area contributed by atoms with Gasteiger partial charge in [0.1, 0.15) is 0 Å². The Morgan fingerprint density at radius 1 is 1.16 bits per heavy atom. The minimum Gasteiger partial charge on any atom is -0.349 e. The van der Waals surface area contributed by atoms with Gasteiger partial charge >= 0.3 is 0 Å². The van der Waals surface area contributed by atoms with Crippen LogP contribution in [0.4, 0.5) is 0 Å². The van der Waals surface area contributed by atoms with Crippen molar-refractivity contribution < 1.29 is 13.2 Å². The van der Waals surface area contributed by atoms with Crippen LogP contribution in [0, 0.1) is 6.92 Å². The standard InChI is InChI=1S/C19H22ClNO3S/c1-3-18(15-5-4-6-16(20)13-15)21-19(22)11-12-25(23,24)17-9-7-14(2)8-10-17/h4-10,13,18H,3,11-12H2,1-2H3,(H,21,22). The second-order valence-electron chi connectivity index (χ2n) is 5.97. The van der Waals surface area contributed by atoms with Gasteiger partial charge in [0.25, 0.3) is 0 Å². The molecule has 0 saturated carbocycles. The number of aryl methyl sites for hydroxylation is 1. The number of hydrogen-bond donors (Lipinski definition) is 1. The Balaban J connectivity index is 1.98. The first kappa shape index (κ1) is 19.5. The van der Waals surface area contributed by atoms with Gasteiger partial charge in [0.2, 0.25) is 5.91 Å². The zero-order chi connectivity index (χ0) is 18.4. The average Bonchev–Trinajstić information content (AvgIpc) is 2.58. The molecule has 2 aromatic carbocycles. The van der Waals surface area contributed by atoms with Gasteiger partial charge in [0.05, 0.1) is 16.7 Å². The number of nitrogens with one attached hydrogen (secondary N) is 1. The molecule has 0 fully saturated rings. The Labute approximate surface area is 154 Å². The van der Waals surface area contributed by atoms with Crippen molar-refractivity contribution >= 4 is 27.3 Å². The fourth-order valence-corrected chi connectivity index (χ4v) is 3.94. The Morgan fingerprint density at radius 3 is 2.44 bits per heavy atom. The topological polar surface area (TPSA) is 63.2 Å². The van der Waals surface area contributed by atoms with Crippen LogP contribution in [0.3, 0.4) is 0 Å². The van der Waals surface area contributed by atoms with Crippen LogP contribution in [0.2, 0.25) is 5.02 Å². The van der Waals surface area contributed by atoms with E-state index in [1.807, 2.05) is 26.0 Å². The molecule has 0 saturated heterocycles. The fourth-order valence-electron chi connectivity index (χ4n) is 2.50. The predicted molar refractivity (Wildman–Crippen MR) is 100 cm³/mol. The quantitative estimate of drug-likeness (QED) is 0.788. The monoisotopic (exact) mass is 379 g/mol. The third-order valence-electron chi connectivity index (χ3n) is 3.97. The molecule has 0 radical (unpaired) electrons. The number of carbonyl (C=O) groups excluding carboxylic acids is 1. The zero-order valence-electron chi connectivity index (χ0n) is 14.3. The third kappa shape index (κ3) is 5.58. The summed E-state index contributed by atoms with van der Waals surface area (Å²) in [5, 5.41) is 3.49. The van der Waals surface area contributed by atoms with Crippen molar-refractivity contribution in [2.75, 3.05) is 5.75 Å². The first-order chi connectivity index (χ1) is 11.8. The second-order valence-corrected chi connectivity index (χ2v) is 8.51. The minimum atomic E-state index is -3.47. The van der Waals surface area contributed by atoms with Crippen LogP contribution < -0.4 is 5.32 Å². The molecular weight excluding hydrogens is 358 g/mol. The number of hydrogen-bond acceptors (Lipinski definition) is 3. The lowest BCUT2D eigenvalue weighted by molar-refractivity contribution is -0.121. The first-order valence-corrected chi connectivity index (χ1v) is 10.2. The minimum absolute atomic E-state index is 0.0761. The molecule has 0 aliphatic rings. The molecule has 0 heterocycles. The highest BCUT2D eigenvalue weighted by atomic mass is 35.5. The normalized spacial score (nSPS) is 12.6. The lowest BCUT2D eigenvalue weighted by atomic mass is 10.0. The maximum Gasteiger partial charge on any atom is 0.221 e. The van der Waals surface area contributed by atoms with Crippen LogP contribution in [-0.2, 0) is 14.6 Å². The van der Waals surface area contributed by atoms with Crippen molar-refractivity contribution in [3.8, 4) is 0 Å². The lowest BCUT2D eigenvalue weighted by Crippen LogP contribution is -2.29. The summed E-state index contributed by atoms with van der Waals surface area (Å²) >= 11 is 5.99. The molecule has 1 unspecified atom stereocenters. The van der Waals surface area contributed by atoms with Gasteiger partial charge in [-0.2, -0.15) is 0 Å². The van der Waals surface area contributed by atoms with E-state index in [4.69, 9.17) is 11.6 Å². The van der Waals surface area contributed by atoms with Crippen LogP contribution in [-0.4, -0.2) is 20.1 Å². The Kier molecular flexibility index (Phi) is 6.62. The smallest absolute Gasteiger partial charge is 0.221 e. The maximum absolute atomic E-state index is 12.3. The molecule has 134 valence electrons. The Bertz CT molecular complexity index is 832.